The summed E-state index contributed by atoms with van der Waals surface area (Å²) in [6.45, 7) is 5.22. The van der Waals surface area contributed by atoms with Gasteiger partial charge in [-0.25, -0.2) is 0 Å². The van der Waals surface area contributed by atoms with E-state index in [9.17, 15) is 9.90 Å². The van der Waals surface area contributed by atoms with Crippen LogP contribution >= 0.6 is 0 Å². The Morgan fingerprint density at radius 3 is 2.87 bits per heavy atom. The Labute approximate surface area is 135 Å². The summed E-state index contributed by atoms with van der Waals surface area (Å²) in [4.78, 5) is 12.4. The second-order valence-electron chi connectivity index (χ2n) is 6.59. The van der Waals surface area contributed by atoms with Gasteiger partial charge in [0, 0.05) is 23.6 Å². The van der Waals surface area contributed by atoms with E-state index in [4.69, 9.17) is 4.74 Å². The second kappa shape index (κ2) is 5.49. The number of benzene rings is 1. The molecule has 3 atom stereocenters. The van der Waals surface area contributed by atoms with Crippen molar-refractivity contribution in [1.29, 1.82) is 0 Å². The molecule has 0 saturated heterocycles. The van der Waals surface area contributed by atoms with E-state index in [-0.39, 0.29) is 11.7 Å². The van der Waals surface area contributed by atoms with E-state index < -0.39 is 11.5 Å². The number of fused-ring (bicyclic) bond motifs is 1. The number of ketones is 1. The molecule has 1 aromatic carbocycles. The minimum Gasteiger partial charge on any atom is -0.497 e. The maximum absolute atomic E-state index is 12.4. The lowest BCUT2D eigenvalue weighted by Gasteiger charge is -2.41. The SMILES string of the molecule is COc1cccc([C@@H]2c3c(n[nH]c3C)C[C@](C)(O)[C@@H]2C(C)=O)c1. The summed E-state index contributed by atoms with van der Waals surface area (Å²) in [5, 5.41) is 18.3. The van der Waals surface area contributed by atoms with E-state index in [0.717, 1.165) is 28.3 Å². The van der Waals surface area contributed by atoms with Crippen molar-refractivity contribution >= 4 is 5.78 Å². The zero-order valence-electron chi connectivity index (χ0n) is 13.9. The molecular formula is C18H22N2O3. The van der Waals surface area contributed by atoms with Crippen LogP contribution in [0.2, 0.25) is 0 Å². The van der Waals surface area contributed by atoms with Crippen LogP contribution in [0, 0.1) is 12.8 Å². The molecule has 2 N–H and O–H groups in total. The maximum atomic E-state index is 12.4. The van der Waals surface area contributed by atoms with Gasteiger partial charge in [0.05, 0.1) is 24.3 Å². The maximum Gasteiger partial charge on any atom is 0.136 e. The molecule has 1 aliphatic rings. The number of nitrogens with zero attached hydrogens (tertiary/aromatic N) is 1. The lowest BCUT2D eigenvalue weighted by Crippen LogP contribution is -2.48. The quantitative estimate of drug-likeness (QED) is 0.912. The number of hydrogen-bond donors (Lipinski definition) is 2. The van der Waals surface area contributed by atoms with Crippen LogP contribution in [0.4, 0.5) is 0 Å². The van der Waals surface area contributed by atoms with Crippen molar-refractivity contribution in [2.45, 2.75) is 38.7 Å². The van der Waals surface area contributed by atoms with Crippen molar-refractivity contribution in [3.63, 3.8) is 0 Å². The van der Waals surface area contributed by atoms with Crippen molar-refractivity contribution in [3.8, 4) is 5.75 Å². The number of H-pyrrole nitrogens is 1. The normalized spacial score (nSPS) is 26.7. The van der Waals surface area contributed by atoms with Crippen molar-refractivity contribution in [3.05, 3.63) is 46.8 Å². The number of Topliss-reactive ketones (excluding diaryl/α,β-unsaturated/α-hetero) is 1. The van der Waals surface area contributed by atoms with Crippen LogP contribution in [0.3, 0.4) is 0 Å². The number of hydrogen-bond acceptors (Lipinski definition) is 4. The largest absolute Gasteiger partial charge is 0.497 e. The van der Waals surface area contributed by atoms with Gasteiger partial charge in [0.25, 0.3) is 0 Å². The minimum absolute atomic E-state index is 0.0194. The third-order valence-corrected chi connectivity index (χ3v) is 4.80. The van der Waals surface area contributed by atoms with Gasteiger partial charge in [-0.15, -0.1) is 0 Å². The van der Waals surface area contributed by atoms with E-state index >= 15 is 0 Å². The van der Waals surface area contributed by atoms with Gasteiger partial charge in [0.1, 0.15) is 11.5 Å². The lowest BCUT2D eigenvalue weighted by atomic mass is 9.64. The van der Waals surface area contributed by atoms with Gasteiger partial charge in [-0.1, -0.05) is 12.1 Å². The van der Waals surface area contributed by atoms with E-state index in [1.807, 2.05) is 31.2 Å². The number of aliphatic hydroxyl groups is 1. The fourth-order valence-corrected chi connectivity index (χ4v) is 3.88. The molecule has 0 fully saturated rings. The Morgan fingerprint density at radius 2 is 2.22 bits per heavy atom. The van der Waals surface area contributed by atoms with E-state index in [1.54, 1.807) is 21.0 Å². The standard InChI is InChI=1S/C18H22N2O3/c1-10-15-14(20-19-10)9-18(3,22)17(11(2)21)16(15)12-6-5-7-13(8-12)23-4/h5-8,16-17,22H,9H2,1-4H3,(H,19,20)/t16-,17-,18+/m1/s1. The fraction of sp³-hybridized carbons (Fsp3) is 0.444. The zero-order valence-corrected chi connectivity index (χ0v) is 13.9. The molecule has 2 aromatic rings. The van der Waals surface area contributed by atoms with Gasteiger partial charge in [-0.2, -0.15) is 5.10 Å². The zero-order chi connectivity index (χ0) is 16.8. The summed E-state index contributed by atoms with van der Waals surface area (Å²) in [6, 6.07) is 7.68. The van der Waals surface area contributed by atoms with Crippen molar-refractivity contribution in [2.24, 2.45) is 5.92 Å². The second-order valence-corrected chi connectivity index (χ2v) is 6.59. The van der Waals surface area contributed by atoms with Gasteiger partial charge in [0.15, 0.2) is 0 Å². The van der Waals surface area contributed by atoms with Crippen LogP contribution in [0.25, 0.3) is 0 Å². The highest BCUT2D eigenvalue weighted by atomic mass is 16.5. The number of rotatable bonds is 3. The van der Waals surface area contributed by atoms with Crippen molar-refractivity contribution in [2.75, 3.05) is 7.11 Å². The topological polar surface area (TPSA) is 75.2 Å². The molecule has 3 rings (SSSR count). The predicted molar refractivity (Wildman–Crippen MR) is 86.7 cm³/mol. The first-order valence-electron chi connectivity index (χ1n) is 7.75. The molecule has 122 valence electrons. The smallest absolute Gasteiger partial charge is 0.136 e. The first-order valence-corrected chi connectivity index (χ1v) is 7.75. The number of aryl methyl sites for hydroxylation is 1. The number of carbonyl (C=O) groups is 1. The number of carbonyl (C=O) groups excluding carboxylic acids is 1. The Hall–Kier alpha value is -2.14. The van der Waals surface area contributed by atoms with Crippen LogP contribution in [-0.2, 0) is 11.2 Å². The van der Waals surface area contributed by atoms with Crippen LogP contribution in [0.1, 0.15) is 42.3 Å². The molecule has 5 heteroatoms. The van der Waals surface area contributed by atoms with Gasteiger partial charge in [-0.05, 0) is 38.5 Å². The molecule has 0 radical (unpaired) electrons. The third-order valence-electron chi connectivity index (χ3n) is 4.80. The molecule has 0 spiro atoms. The number of aromatic nitrogens is 2. The summed E-state index contributed by atoms with van der Waals surface area (Å²) in [6.07, 6.45) is 0.372. The van der Waals surface area contributed by atoms with Gasteiger partial charge in [0.2, 0.25) is 0 Å². The molecule has 23 heavy (non-hydrogen) atoms. The molecular weight excluding hydrogens is 292 g/mol. The van der Waals surface area contributed by atoms with E-state index in [0.29, 0.717) is 6.42 Å². The van der Waals surface area contributed by atoms with Crippen LogP contribution < -0.4 is 4.74 Å². The first-order chi connectivity index (χ1) is 10.8. The van der Waals surface area contributed by atoms with Gasteiger partial charge < -0.3 is 9.84 Å². The Balaban J connectivity index is 2.23. The molecule has 0 bridgehead atoms. The highest BCUT2D eigenvalue weighted by Crippen LogP contribution is 2.47. The van der Waals surface area contributed by atoms with Crippen molar-refractivity contribution < 1.29 is 14.6 Å². The molecule has 1 aromatic heterocycles. The molecule has 0 unspecified atom stereocenters. The molecule has 0 aliphatic heterocycles. The predicted octanol–water partition coefficient (Wildman–Crippen LogP) is 2.37. The third kappa shape index (κ3) is 2.55. The molecule has 1 aliphatic carbocycles. The number of nitrogens with one attached hydrogen (secondary N) is 1. The van der Waals surface area contributed by atoms with Crippen LogP contribution in [0.15, 0.2) is 24.3 Å². The van der Waals surface area contributed by atoms with Crippen LogP contribution in [-0.4, -0.2) is 33.8 Å². The fourth-order valence-electron chi connectivity index (χ4n) is 3.88. The van der Waals surface area contributed by atoms with Crippen molar-refractivity contribution in [1.82, 2.24) is 10.2 Å². The summed E-state index contributed by atoms with van der Waals surface area (Å²) >= 11 is 0. The highest BCUT2D eigenvalue weighted by Gasteiger charge is 2.48. The monoisotopic (exact) mass is 314 g/mol. The average molecular weight is 314 g/mol. The Morgan fingerprint density at radius 1 is 1.48 bits per heavy atom. The summed E-state index contributed by atoms with van der Waals surface area (Å²) in [5.41, 5.74) is 2.61. The minimum atomic E-state index is -1.13. The summed E-state index contributed by atoms with van der Waals surface area (Å²) < 4.78 is 5.32. The van der Waals surface area contributed by atoms with E-state index in [2.05, 4.69) is 10.2 Å². The number of ether oxygens (including phenoxy) is 1. The highest BCUT2D eigenvalue weighted by molar-refractivity contribution is 5.82. The van der Waals surface area contributed by atoms with Gasteiger partial charge >= 0.3 is 0 Å². The van der Waals surface area contributed by atoms with Crippen LogP contribution in [0.5, 0.6) is 5.75 Å². The average Bonchev–Trinajstić information content (AvgIpc) is 2.85. The molecule has 0 amide bonds. The lowest BCUT2D eigenvalue weighted by molar-refractivity contribution is -0.130. The Kier molecular flexibility index (Phi) is 3.76. The number of methoxy groups -OCH3 is 1. The first kappa shape index (κ1) is 15.7. The summed E-state index contributed by atoms with van der Waals surface area (Å²) in [7, 11) is 1.62. The molecule has 0 saturated carbocycles. The molecule has 5 nitrogen and oxygen atoms in total. The van der Waals surface area contributed by atoms with E-state index in [1.165, 1.54) is 0 Å². The van der Waals surface area contributed by atoms with Gasteiger partial charge in [-0.3, -0.25) is 9.89 Å². The molecule has 1 heterocycles. The summed E-state index contributed by atoms with van der Waals surface area (Å²) in [5.74, 6) is -0.0368. The number of aromatic amines is 1. The Bertz CT molecular complexity index is 748.